The van der Waals surface area contributed by atoms with Gasteiger partial charge in [-0.1, -0.05) is 0 Å². The molecule has 0 bridgehead atoms. The largest absolute Gasteiger partial charge is 0.496 e. The lowest BCUT2D eigenvalue weighted by Gasteiger charge is -2.36. The summed E-state index contributed by atoms with van der Waals surface area (Å²) in [7, 11) is 3.19. The number of hydrogen-bond acceptors (Lipinski definition) is 5. The van der Waals surface area contributed by atoms with E-state index < -0.39 is 11.6 Å². The predicted molar refractivity (Wildman–Crippen MR) is 76.7 cm³/mol. The van der Waals surface area contributed by atoms with Crippen LogP contribution in [0.5, 0.6) is 11.5 Å². The van der Waals surface area contributed by atoms with Gasteiger partial charge in [-0.3, -0.25) is 9.59 Å². The van der Waals surface area contributed by atoms with Crippen molar-refractivity contribution in [1.82, 2.24) is 0 Å². The summed E-state index contributed by atoms with van der Waals surface area (Å²) in [5.74, 6) is 0.859. The molecule has 0 aliphatic heterocycles. The normalized spacial score (nSPS) is 20.4. The van der Waals surface area contributed by atoms with E-state index in [1.807, 2.05) is 12.1 Å². The van der Waals surface area contributed by atoms with Gasteiger partial charge in [-0.15, -0.1) is 0 Å². The average molecular weight is 292 g/mol. The maximum Gasteiger partial charge on any atom is 0.303 e. The molecule has 0 aromatic heterocycles. The van der Waals surface area contributed by atoms with E-state index in [4.69, 9.17) is 14.2 Å². The summed E-state index contributed by atoms with van der Waals surface area (Å²) in [6.07, 6.45) is 1.37. The molecule has 0 saturated carbocycles. The van der Waals surface area contributed by atoms with Gasteiger partial charge in [0.05, 0.1) is 14.2 Å². The Hall–Kier alpha value is -2.04. The fourth-order valence-electron chi connectivity index (χ4n) is 2.94. The van der Waals surface area contributed by atoms with Gasteiger partial charge in [0.15, 0.2) is 11.4 Å². The minimum Gasteiger partial charge on any atom is -0.496 e. The molecule has 1 aliphatic carbocycles. The van der Waals surface area contributed by atoms with Crippen molar-refractivity contribution in [1.29, 1.82) is 0 Å². The number of benzene rings is 1. The molecule has 0 spiro atoms. The summed E-state index contributed by atoms with van der Waals surface area (Å²) in [4.78, 5) is 23.5. The number of carbonyl (C=O) groups is 2. The molecule has 0 radical (unpaired) electrons. The Morgan fingerprint density at radius 1 is 1.05 bits per heavy atom. The number of ether oxygens (including phenoxy) is 3. The Morgan fingerprint density at radius 2 is 1.62 bits per heavy atom. The van der Waals surface area contributed by atoms with Crippen molar-refractivity contribution in [3.05, 3.63) is 23.3 Å². The molecule has 114 valence electrons. The summed E-state index contributed by atoms with van der Waals surface area (Å²) in [6, 6.07) is 3.66. The smallest absolute Gasteiger partial charge is 0.303 e. The Morgan fingerprint density at radius 3 is 2.10 bits per heavy atom. The standard InChI is InChI=1S/C16H20O5/c1-10(17)16(21-11(2)18)8-7-12-13(9-16)15(20-4)6-5-14(12)19-3/h5-6H,7-9H2,1-4H3. The second-order valence-electron chi connectivity index (χ2n) is 5.25. The molecule has 0 heterocycles. The van der Waals surface area contributed by atoms with Crippen LogP contribution in [-0.4, -0.2) is 31.6 Å². The minimum absolute atomic E-state index is 0.145. The molecule has 0 amide bonds. The molecule has 21 heavy (non-hydrogen) atoms. The Balaban J connectivity index is 2.50. The first-order chi connectivity index (χ1) is 9.93. The van der Waals surface area contributed by atoms with Crippen molar-refractivity contribution in [2.45, 2.75) is 38.7 Å². The van der Waals surface area contributed by atoms with E-state index in [1.54, 1.807) is 14.2 Å². The highest BCUT2D eigenvalue weighted by molar-refractivity contribution is 5.88. The maximum atomic E-state index is 12.1. The van der Waals surface area contributed by atoms with Crippen molar-refractivity contribution >= 4 is 11.8 Å². The van der Waals surface area contributed by atoms with Crippen molar-refractivity contribution in [2.75, 3.05) is 14.2 Å². The number of carbonyl (C=O) groups excluding carboxylic acids is 2. The molecule has 1 aliphatic rings. The van der Waals surface area contributed by atoms with Crippen LogP contribution in [0.2, 0.25) is 0 Å². The van der Waals surface area contributed by atoms with Crippen LogP contribution >= 0.6 is 0 Å². The quantitative estimate of drug-likeness (QED) is 0.795. The third-order valence-corrected chi connectivity index (χ3v) is 4.01. The zero-order chi connectivity index (χ0) is 15.6. The molecule has 5 nitrogen and oxygen atoms in total. The van der Waals surface area contributed by atoms with Gasteiger partial charge in [0.25, 0.3) is 0 Å². The molecule has 0 N–H and O–H groups in total. The van der Waals surface area contributed by atoms with Crippen molar-refractivity contribution in [2.24, 2.45) is 0 Å². The molecule has 1 aromatic carbocycles. The van der Waals surface area contributed by atoms with Gasteiger partial charge in [0.1, 0.15) is 11.5 Å². The first-order valence-corrected chi connectivity index (χ1v) is 6.87. The third-order valence-electron chi connectivity index (χ3n) is 4.01. The molecule has 5 heteroatoms. The van der Waals surface area contributed by atoms with E-state index in [0.717, 1.165) is 16.9 Å². The predicted octanol–water partition coefficient (Wildman–Crippen LogP) is 2.08. The fraction of sp³-hybridized carbons (Fsp3) is 0.500. The summed E-state index contributed by atoms with van der Waals surface area (Å²) < 4.78 is 16.1. The topological polar surface area (TPSA) is 61.8 Å². The highest BCUT2D eigenvalue weighted by atomic mass is 16.6. The van der Waals surface area contributed by atoms with Crippen LogP contribution in [-0.2, 0) is 27.2 Å². The van der Waals surface area contributed by atoms with Gasteiger partial charge >= 0.3 is 5.97 Å². The van der Waals surface area contributed by atoms with Gasteiger partial charge in [0, 0.05) is 24.5 Å². The minimum atomic E-state index is -1.10. The van der Waals surface area contributed by atoms with E-state index in [1.165, 1.54) is 13.8 Å². The number of hydrogen-bond donors (Lipinski definition) is 0. The summed E-state index contributed by atoms with van der Waals surface area (Å²) in [5.41, 5.74) is 0.791. The number of rotatable bonds is 4. The number of Topliss-reactive ketones (excluding diaryl/α,β-unsaturated/α-hetero) is 1. The molecule has 1 atom stereocenters. The first kappa shape index (κ1) is 15.4. The number of fused-ring (bicyclic) bond motifs is 1. The zero-order valence-electron chi connectivity index (χ0n) is 12.8. The van der Waals surface area contributed by atoms with E-state index in [9.17, 15) is 9.59 Å². The third kappa shape index (κ3) is 2.73. The lowest BCUT2D eigenvalue weighted by atomic mass is 9.77. The van der Waals surface area contributed by atoms with E-state index in [-0.39, 0.29) is 5.78 Å². The number of methoxy groups -OCH3 is 2. The lowest BCUT2D eigenvalue weighted by Crippen LogP contribution is -2.46. The number of esters is 1. The molecular weight excluding hydrogens is 272 g/mol. The molecule has 0 fully saturated rings. The zero-order valence-corrected chi connectivity index (χ0v) is 12.8. The van der Waals surface area contributed by atoms with E-state index in [0.29, 0.717) is 25.0 Å². The molecule has 1 unspecified atom stereocenters. The van der Waals surface area contributed by atoms with Crippen molar-refractivity contribution < 1.29 is 23.8 Å². The van der Waals surface area contributed by atoms with Crippen LogP contribution < -0.4 is 9.47 Å². The average Bonchev–Trinajstić information content (AvgIpc) is 2.45. The van der Waals surface area contributed by atoms with E-state index >= 15 is 0 Å². The lowest BCUT2D eigenvalue weighted by molar-refractivity contribution is -0.166. The maximum absolute atomic E-state index is 12.1. The summed E-state index contributed by atoms with van der Waals surface area (Å²) in [5, 5.41) is 0. The van der Waals surface area contributed by atoms with Crippen molar-refractivity contribution in [3.8, 4) is 11.5 Å². The van der Waals surface area contributed by atoms with Crippen LogP contribution in [0.3, 0.4) is 0 Å². The SMILES string of the molecule is COc1ccc(OC)c2c1CCC(OC(C)=O)(C(C)=O)C2. The summed E-state index contributed by atoms with van der Waals surface area (Å²) >= 11 is 0. The molecular formula is C16H20O5. The Labute approximate surface area is 124 Å². The molecule has 0 saturated heterocycles. The molecule has 1 aromatic rings. The van der Waals surface area contributed by atoms with Crippen LogP contribution in [0.25, 0.3) is 0 Å². The van der Waals surface area contributed by atoms with Gasteiger partial charge < -0.3 is 14.2 Å². The summed E-state index contributed by atoms with van der Waals surface area (Å²) in [6.45, 7) is 2.78. The van der Waals surface area contributed by atoms with Crippen LogP contribution in [0.15, 0.2) is 12.1 Å². The number of ketones is 1. The van der Waals surface area contributed by atoms with Crippen LogP contribution in [0.1, 0.15) is 31.4 Å². The molecule has 2 rings (SSSR count). The second kappa shape index (κ2) is 5.76. The first-order valence-electron chi connectivity index (χ1n) is 6.87. The fourth-order valence-corrected chi connectivity index (χ4v) is 2.94. The monoisotopic (exact) mass is 292 g/mol. The van der Waals surface area contributed by atoms with Crippen LogP contribution in [0.4, 0.5) is 0 Å². The highest BCUT2D eigenvalue weighted by Gasteiger charge is 2.43. The van der Waals surface area contributed by atoms with Gasteiger partial charge in [0.2, 0.25) is 0 Å². The van der Waals surface area contributed by atoms with Crippen LogP contribution in [0, 0.1) is 0 Å². The van der Waals surface area contributed by atoms with Gasteiger partial charge in [-0.25, -0.2) is 0 Å². The second-order valence-corrected chi connectivity index (χ2v) is 5.25. The highest BCUT2D eigenvalue weighted by Crippen LogP contribution is 2.41. The van der Waals surface area contributed by atoms with Crippen molar-refractivity contribution in [3.63, 3.8) is 0 Å². The Kier molecular flexibility index (Phi) is 4.21. The Bertz CT molecular complexity index is 578. The van der Waals surface area contributed by atoms with Gasteiger partial charge in [-0.05, 0) is 31.9 Å². The van der Waals surface area contributed by atoms with Gasteiger partial charge in [-0.2, -0.15) is 0 Å². The van der Waals surface area contributed by atoms with E-state index in [2.05, 4.69) is 0 Å².